The van der Waals surface area contributed by atoms with Gasteiger partial charge in [0.2, 0.25) is 0 Å². The fraction of sp³-hybridized carbons (Fsp3) is 0.667. The zero-order chi connectivity index (χ0) is 12.9. The molecule has 0 saturated heterocycles. The second-order valence-corrected chi connectivity index (χ2v) is 5.09. The van der Waals surface area contributed by atoms with Crippen LogP contribution < -0.4 is 10.6 Å². The molecule has 0 saturated carbocycles. The van der Waals surface area contributed by atoms with Crippen LogP contribution in [0.3, 0.4) is 0 Å². The summed E-state index contributed by atoms with van der Waals surface area (Å²) in [5, 5.41) is 10.7. The van der Waals surface area contributed by atoms with Gasteiger partial charge in [-0.15, -0.1) is 0 Å². The lowest BCUT2D eigenvalue weighted by atomic mass is 10.1. The summed E-state index contributed by atoms with van der Waals surface area (Å²) in [6.07, 6.45) is 3.81. The smallest absolute Gasteiger partial charge is 0.191 e. The molecule has 0 unspecified atom stereocenters. The first kappa shape index (κ1) is 13.5. The third-order valence-corrected chi connectivity index (χ3v) is 2.02. The number of aromatic nitrogens is 2. The van der Waals surface area contributed by atoms with Gasteiger partial charge in [-0.3, -0.25) is 4.68 Å². The minimum atomic E-state index is 0.00986. The van der Waals surface area contributed by atoms with Gasteiger partial charge in [0.05, 0.1) is 12.7 Å². The van der Waals surface area contributed by atoms with Crippen molar-refractivity contribution in [1.29, 1.82) is 0 Å². The molecule has 1 rings (SSSR count). The van der Waals surface area contributed by atoms with Gasteiger partial charge in [-0.05, 0) is 27.7 Å². The summed E-state index contributed by atoms with van der Waals surface area (Å²) in [6, 6.07) is 0. The van der Waals surface area contributed by atoms with E-state index in [1.807, 2.05) is 19.4 Å². The average molecular weight is 237 g/mol. The quantitative estimate of drug-likeness (QED) is 0.615. The van der Waals surface area contributed by atoms with Gasteiger partial charge < -0.3 is 10.6 Å². The first-order valence-corrected chi connectivity index (χ1v) is 5.95. The van der Waals surface area contributed by atoms with Crippen LogP contribution in [0.25, 0.3) is 0 Å². The number of rotatable bonds is 3. The Morgan fingerprint density at radius 3 is 2.65 bits per heavy atom. The molecule has 5 nitrogen and oxygen atoms in total. The van der Waals surface area contributed by atoms with Gasteiger partial charge in [0, 0.05) is 30.9 Å². The Morgan fingerprint density at radius 1 is 1.47 bits per heavy atom. The van der Waals surface area contributed by atoms with Crippen molar-refractivity contribution in [3.63, 3.8) is 0 Å². The molecule has 0 fully saturated rings. The van der Waals surface area contributed by atoms with Crippen molar-refractivity contribution in [2.45, 2.75) is 39.8 Å². The summed E-state index contributed by atoms with van der Waals surface area (Å²) < 4.78 is 1.79. The Balaban J connectivity index is 2.63. The van der Waals surface area contributed by atoms with E-state index in [9.17, 15) is 0 Å². The Kier molecular flexibility index (Phi) is 4.54. The first-order valence-electron chi connectivity index (χ1n) is 5.95. The predicted molar refractivity (Wildman–Crippen MR) is 70.9 cm³/mol. The minimum Gasteiger partial charge on any atom is -0.357 e. The van der Waals surface area contributed by atoms with E-state index in [1.54, 1.807) is 4.68 Å². The summed E-state index contributed by atoms with van der Waals surface area (Å²) in [5.74, 6) is 0.837. The molecule has 0 aliphatic rings. The summed E-state index contributed by atoms with van der Waals surface area (Å²) >= 11 is 0. The van der Waals surface area contributed by atoms with Crippen molar-refractivity contribution in [3.8, 4) is 0 Å². The van der Waals surface area contributed by atoms with Crippen LogP contribution in [0.15, 0.2) is 17.4 Å². The van der Waals surface area contributed by atoms with Crippen molar-refractivity contribution < 1.29 is 0 Å². The van der Waals surface area contributed by atoms with E-state index in [0.717, 1.165) is 18.1 Å². The van der Waals surface area contributed by atoms with Crippen LogP contribution in [0.5, 0.6) is 0 Å². The van der Waals surface area contributed by atoms with Crippen LogP contribution >= 0.6 is 0 Å². The standard InChI is InChI=1S/C12H23N5/c1-6-13-11(16-12(2,3)4)14-7-10-8-15-17(5)9-10/h8-9H,6-7H2,1-5H3,(H2,13,14,16). The maximum absolute atomic E-state index is 4.52. The van der Waals surface area contributed by atoms with Crippen LogP contribution in [-0.4, -0.2) is 27.8 Å². The van der Waals surface area contributed by atoms with Crippen LogP contribution in [0.2, 0.25) is 0 Å². The SMILES string of the molecule is CCNC(=NCc1cnn(C)c1)NC(C)(C)C. The lowest BCUT2D eigenvalue weighted by Gasteiger charge is -2.23. The van der Waals surface area contributed by atoms with Crippen LogP contribution in [0, 0.1) is 0 Å². The average Bonchev–Trinajstić information content (AvgIpc) is 2.59. The molecule has 1 aromatic heterocycles. The van der Waals surface area contributed by atoms with Gasteiger partial charge in [0.25, 0.3) is 0 Å². The predicted octanol–water partition coefficient (Wildman–Crippen LogP) is 1.27. The summed E-state index contributed by atoms with van der Waals surface area (Å²) in [5.41, 5.74) is 1.12. The van der Waals surface area contributed by atoms with Gasteiger partial charge in [0.1, 0.15) is 0 Å². The highest BCUT2D eigenvalue weighted by Crippen LogP contribution is 2.01. The number of guanidine groups is 1. The molecule has 17 heavy (non-hydrogen) atoms. The highest BCUT2D eigenvalue weighted by Gasteiger charge is 2.11. The van der Waals surface area contributed by atoms with E-state index in [4.69, 9.17) is 0 Å². The summed E-state index contributed by atoms with van der Waals surface area (Å²) in [6.45, 7) is 9.90. The molecule has 0 aliphatic heterocycles. The lowest BCUT2D eigenvalue weighted by molar-refractivity contribution is 0.501. The van der Waals surface area contributed by atoms with Crippen LogP contribution in [-0.2, 0) is 13.6 Å². The molecule has 0 aliphatic carbocycles. The second-order valence-electron chi connectivity index (χ2n) is 5.09. The minimum absolute atomic E-state index is 0.00986. The largest absolute Gasteiger partial charge is 0.357 e. The lowest BCUT2D eigenvalue weighted by Crippen LogP contribution is -2.47. The maximum Gasteiger partial charge on any atom is 0.191 e. The molecule has 0 spiro atoms. The third-order valence-electron chi connectivity index (χ3n) is 2.02. The first-order chi connectivity index (χ1) is 7.90. The molecule has 96 valence electrons. The monoisotopic (exact) mass is 237 g/mol. The number of nitrogens with zero attached hydrogens (tertiary/aromatic N) is 3. The molecule has 2 N–H and O–H groups in total. The third kappa shape index (κ3) is 5.38. The van der Waals surface area contributed by atoms with Crippen molar-refractivity contribution in [2.75, 3.05) is 6.54 Å². The maximum atomic E-state index is 4.52. The molecule has 5 heteroatoms. The number of aliphatic imine (C=N–C) groups is 1. The fourth-order valence-corrected chi connectivity index (χ4v) is 1.39. The molecule has 1 aromatic rings. The topological polar surface area (TPSA) is 54.2 Å². The highest BCUT2D eigenvalue weighted by atomic mass is 15.2. The van der Waals surface area contributed by atoms with Crippen molar-refractivity contribution in [2.24, 2.45) is 12.0 Å². The zero-order valence-electron chi connectivity index (χ0n) is 11.4. The number of aryl methyl sites for hydroxylation is 1. The number of hydrogen-bond donors (Lipinski definition) is 2. The Labute approximate surface area is 103 Å². The highest BCUT2D eigenvalue weighted by molar-refractivity contribution is 5.80. The molecule has 0 atom stereocenters. The fourth-order valence-electron chi connectivity index (χ4n) is 1.39. The van der Waals surface area contributed by atoms with Gasteiger partial charge in [-0.1, -0.05) is 0 Å². The van der Waals surface area contributed by atoms with E-state index in [1.165, 1.54) is 0 Å². The molecule has 0 radical (unpaired) electrons. The Morgan fingerprint density at radius 2 is 2.18 bits per heavy atom. The summed E-state index contributed by atoms with van der Waals surface area (Å²) in [4.78, 5) is 4.52. The van der Waals surface area contributed by atoms with E-state index in [0.29, 0.717) is 6.54 Å². The van der Waals surface area contributed by atoms with Gasteiger partial charge in [-0.25, -0.2) is 4.99 Å². The van der Waals surface area contributed by atoms with E-state index in [-0.39, 0.29) is 5.54 Å². The molecule has 0 bridgehead atoms. The van der Waals surface area contributed by atoms with Crippen LogP contribution in [0.1, 0.15) is 33.3 Å². The van der Waals surface area contributed by atoms with Crippen molar-refractivity contribution >= 4 is 5.96 Å². The van der Waals surface area contributed by atoms with Crippen molar-refractivity contribution in [3.05, 3.63) is 18.0 Å². The van der Waals surface area contributed by atoms with Gasteiger partial charge in [-0.2, -0.15) is 5.10 Å². The van der Waals surface area contributed by atoms with Gasteiger partial charge >= 0.3 is 0 Å². The second kappa shape index (κ2) is 5.70. The molecular formula is C12H23N5. The molecule has 1 heterocycles. The van der Waals surface area contributed by atoms with Crippen molar-refractivity contribution in [1.82, 2.24) is 20.4 Å². The molecule has 0 amide bonds. The van der Waals surface area contributed by atoms with E-state index in [2.05, 4.69) is 48.4 Å². The summed E-state index contributed by atoms with van der Waals surface area (Å²) in [7, 11) is 1.91. The molecule has 0 aromatic carbocycles. The molecular weight excluding hydrogens is 214 g/mol. The Hall–Kier alpha value is -1.52. The van der Waals surface area contributed by atoms with E-state index < -0.39 is 0 Å². The Bertz CT molecular complexity index is 372. The zero-order valence-corrected chi connectivity index (χ0v) is 11.4. The van der Waals surface area contributed by atoms with E-state index >= 15 is 0 Å². The normalized spacial score (nSPS) is 12.6. The number of nitrogens with one attached hydrogen (secondary N) is 2. The van der Waals surface area contributed by atoms with Crippen LogP contribution in [0.4, 0.5) is 0 Å². The number of hydrogen-bond acceptors (Lipinski definition) is 2. The van der Waals surface area contributed by atoms with Gasteiger partial charge in [0.15, 0.2) is 5.96 Å².